The molecule has 0 aromatic heterocycles. The van der Waals surface area contributed by atoms with Gasteiger partial charge in [0, 0.05) is 53.5 Å². The van der Waals surface area contributed by atoms with Crippen molar-refractivity contribution in [2.45, 2.75) is 35.7 Å². The second-order valence-electron chi connectivity index (χ2n) is 9.82. The van der Waals surface area contributed by atoms with Gasteiger partial charge < -0.3 is 20.9 Å². The van der Waals surface area contributed by atoms with Gasteiger partial charge in [0.1, 0.15) is 0 Å². The van der Waals surface area contributed by atoms with Gasteiger partial charge in [-0.3, -0.25) is 4.90 Å². The normalized spacial score (nSPS) is 15.9. The van der Waals surface area contributed by atoms with Gasteiger partial charge in [0.15, 0.2) is 0 Å². The zero-order valence-electron chi connectivity index (χ0n) is 23.6. The number of benzene rings is 3. The molecule has 5 rings (SSSR count). The molecule has 0 bridgehead atoms. The van der Waals surface area contributed by atoms with Crippen LogP contribution in [0.1, 0.15) is 24.0 Å². The van der Waals surface area contributed by atoms with E-state index in [0.717, 1.165) is 69.9 Å². The van der Waals surface area contributed by atoms with Gasteiger partial charge in [-0.15, -0.1) is 62.0 Å². The van der Waals surface area contributed by atoms with Gasteiger partial charge in [-0.25, -0.2) is 0 Å². The van der Waals surface area contributed by atoms with Crippen molar-refractivity contribution in [2.75, 3.05) is 57.3 Å². The lowest BCUT2D eigenvalue weighted by molar-refractivity contribution is 0.260. The van der Waals surface area contributed by atoms with Crippen LogP contribution in [0, 0.1) is 0 Å². The quantitative estimate of drug-likeness (QED) is 0.253. The van der Waals surface area contributed by atoms with E-state index in [1.165, 1.54) is 45.1 Å². The molecule has 0 amide bonds. The number of hydrogen-bond acceptors (Lipinski definition) is 6. The van der Waals surface area contributed by atoms with Crippen molar-refractivity contribution < 1.29 is 0 Å². The Morgan fingerprint density at radius 2 is 1.12 bits per heavy atom. The van der Waals surface area contributed by atoms with Crippen molar-refractivity contribution in [1.29, 1.82) is 0 Å². The lowest BCUT2D eigenvalue weighted by Gasteiger charge is -2.33. The molecule has 3 N–H and O–H groups in total. The largest absolute Gasteiger partial charge is 0.335 e. The predicted molar refractivity (Wildman–Crippen MR) is 196 cm³/mol. The molecule has 2 aliphatic heterocycles. The molecular formula is C30H43BrCl5N5S. The van der Waals surface area contributed by atoms with Crippen LogP contribution in [0.25, 0.3) is 0 Å². The van der Waals surface area contributed by atoms with Gasteiger partial charge in [0.05, 0.1) is 11.4 Å². The summed E-state index contributed by atoms with van der Waals surface area (Å²) in [4.78, 5) is 7.71. The summed E-state index contributed by atoms with van der Waals surface area (Å²) < 4.78 is 1.15. The Morgan fingerprint density at radius 3 is 1.74 bits per heavy atom. The van der Waals surface area contributed by atoms with Crippen molar-refractivity contribution in [2.24, 2.45) is 0 Å². The van der Waals surface area contributed by atoms with E-state index in [1.807, 2.05) is 11.8 Å². The standard InChI is InChI=1S/C30H38BrN5S.5ClH/c31-26-20-24(22-35-17-6-13-33-15-14-32-11-5-12-34-16-18-35)19-25(21-26)23-36-27-7-1-3-9-29(27)37-30-10-4-2-8-28(30)36;;;;;/h1-4,7-10,19-21,32-34H,5-6,11-18,22-23H2;5*1H. The van der Waals surface area contributed by atoms with Crippen molar-refractivity contribution in [3.05, 3.63) is 82.3 Å². The molecule has 0 atom stereocenters. The van der Waals surface area contributed by atoms with E-state index >= 15 is 0 Å². The Kier molecular flexibility index (Phi) is 21.9. The van der Waals surface area contributed by atoms with Gasteiger partial charge in [-0.05, 0) is 86.5 Å². The van der Waals surface area contributed by atoms with Crippen LogP contribution in [0.15, 0.2) is 81.0 Å². The zero-order chi connectivity index (χ0) is 25.3. The van der Waals surface area contributed by atoms with Crippen LogP contribution in [0.2, 0.25) is 0 Å². The van der Waals surface area contributed by atoms with Crippen LogP contribution >= 0.6 is 89.7 Å². The molecule has 12 heteroatoms. The lowest BCUT2D eigenvalue weighted by Crippen LogP contribution is -2.36. The highest BCUT2D eigenvalue weighted by Gasteiger charge is 2.23. The summed E-state index contributed by atoms with van der Waals surface area (Å²) in [7, 11) is 0. The fourth-order valence-corrected chi connectivity index (χ4v) is 6.80. The van der Waals surface area contributed by atoms with E-state index < -0.39 is 0 Å². The first-order valence-corrected chi connectivity index (χ1v) is 15.1. The minimum atomic E-state index is 0. The van der Waals surface area contributed by atoms with Crippen molar-refractivity contribution >= 4 is 101 Å². The molecule has 2 heterocycles. The molecule has 5 nitrogen and oxygen atoms in total. The highest BCUT2D eigenvalue weighted by molar-refractivity contribution is 9.10. The highest BCUT2D eigenvalue weighted by Crippen LogP contribution is 2.48. The average Bonchev–Trinajstić information content (AvgIpc) is 2.90. The molecule has 2 aliphatic rings. The second-order valence-corrected chi connectivity index (χ2v) is 11.8. The molecule has 0 saturated carbocycles. The summed E-state index contributed by atoms with van der Waals surface area (Å²) >= 11 is 5.69. The van der Waals surface area contributed by atoms with Gasteiger partial charge in [0.25, 0.3) is 0 Å². The molecule has 1 fully saturated rings. The van der Waals surface area contributed by atoms with Gasteiger partial charge in [0.2, 0.25) is 0 Å². The molecular weight excluding hydrogens is 720 g/mol. The molecule has 0 spiro atoms. The number of nitrogens with zero attached hydrogens (tertiary/aromatic N) is 2. The fraction of sp³-hybridized carbons (Fsp3) is 0.400. The topological polar surface area (TPSA) is 42.6 Å². The molecule has 3 aromatic carbocycles. The van der Waals surface area contributed by atoms with Crippen LogP contribution in [0.4, 0.5) is 11.4 Å². The maximum atomic E-state index is 3.82. The summed E-state index contributed by atoms with van der Waals surface area (Å²) in [6, 6.07) is 24.5. The van der Waals surface area contributed by atoms with Crippen LogP contribution in [0.3, 0.4) is 0 Å². The molecule has 236 valence electrons. The molecule has 0 unspecified atom stereocenters. The van der Waals surface area contributed by atoms with Crippen LogP contribution in [-0.4, -0.2) is 57.3 Å². The Bertz CT molecular complexity index is 1120. The minimum absolute atomic E-state index is 0. The molecule has 0 aliphatic carbocycles. The lowest BCUT2D eigenvalue weighted by atomic mass is 10.1. The first-order valence-electron chi connectivity index (χ1n) is 13.5. The number of hydrogen-bond donors (Lipinski definition) is 3. The molecule has 0 radical (unpaired) electrons. The predicted octanol–water partition coefficient (Wildman–Crippen LogP) is 7.73. The van der Waals surface area contributed by atoms with Crippen molar-refractivity contribution in [1.82, 2.24) is 20.9 Å². The smallest absolute Gasteiger partial charge is 0.0556 e. The van der Waals surface area contributed by atoms with Crippen LogP contribution in [-0.2, 0) is 13.1 Å². The number of para-hydroxylation sites is 2. The third kappa shape index (κ3) is 12.2. The van der Waals surface area contributed by atoms with E-state index in [2.05, 4.69) is 108 Å². The van der Waals surface area contributed by atoms with Gasteiger partial charge in [-0.2, -0.15) is 0 Å². The Hall–Kier alpha value is -0.420. The third-order valence-electron chi connectivity index (χ3n) is 6.91. The number of halogens is 6. The van der Waals surface area contributed by atoms with Crippen molar-refractivity contribution in [3.63, 3.8) is 0 Å². The van der Waals surface area contributed by atoms with Gasteiger partial charge in [-0.1, -0.05) is 58.0 Å². The van der Waals surface area contributed by atoms with E-state index in [9.17, 15) is 0 Å². The molecule has 1 saturated heterocycles. The number of nitrogens with one attached hydrogen (secondary N) is 3. The fourth-order valence-electron chi connectivity index (χ4n) is 5.12. The summed E-state index contributed by atoms with van der Waals surface area (Å²) in [6.07, 6.45) is 2.34. The number of fused-ring (bicyclic) bond motifs is 2. The molecule has 42 heavy (non-hydrogen) atoms. The highest BCUT2D eigenvalue weighted by atomic mass is 79.9. The SMILES string of the molecule is Brc1cc(CN2CCCNCCNCCCNCC2)cc(CN2c3ccccc3Sc3ccccc32)c1.Cl.Cl.Cl.Cl.Cl. The van der Waals surface area contributed by atoms with E-state index in [-0.39, 0.29) is 62.0 Å². The van der Waals surface area contributed by atoms with E-state index in [1.54, 1.807) is 0 Å². The minimum Gasteiger partial charge on any atom is -0.335 e. The summed E-state index contributed by atoms with van der Waals surface area (Å²) in [5, 5.41) is 10.7. The zero-order valence-corrected chi connectivity index (χ0v) is 30.0. The second kappa shape index (κ2) is 22.1. The summed E-state index contributed by atoms with van der Waals surface area (Å²) in [6.45, 7) is 10.4. The Labute approximate surface area is 295 Å². The number of anilines is 2. The third-order valence-corrected chi connectivity index (χ3v) is 8.50. The average molecular weight is 763 g/mol. The first kappa shape index (κ1) is 41.6. The van der Waals surface area contributed by atoms with E-state index in [0.29, 0.717) is 0 Å². The number of rotatable bonds is 4. The first-order chi connectivity index (χ1) is 18.3. The summed E-state index contributed by atoms with van der Waals surface area (Å²) in [5.74, 6) is 0. The van der Waals surface area contributed by atoms with Gasteiger partial charge >= 0.3 is 0 Å². The Balaban J connectivity index is 0.00000336. The Morgan fingerprint density at radius 1 is 0.595 bits per heavy atom. The molecule has 3 aromatic rings. The van der Waals surface area contributed by atoms with E-state index in [4.69, 9.17) is 0 Å². The monoisotopic (exact) mass is 759 g/mol. The van der Waals surface area contributed by atoms with Crippen LogP contribution < -0.4 is 20.9 Å². The maximum absolute atomic E-state index is 3.82. The maximum Gasteiger partial charge on any atom is 0.0556 e. The van der Waals surface area contributed by atoms with Crippen LogP contribution in [0.5, 0.6) is 0 Å². The van der Waals surface area contributed by atoms with Crippen molar-refractivity contribution in [3.8, 4) is 0 Å². The summed E-state index contributed by atoms with van der Waals surface area (Å²) in [5.41, 5.74) is 5.28.